The summed E-state index contributed by atoms with van der Waals surface area (Å²) in [6.07, 6.45) is -0.425. The van der Waals surface area contributed by atoms with E-state index < -0.39 is 11.5 Å². The van der Waals surface area contributed by atoms with Crippen molar-refractivity contribution in [1.82, 2.24) is 4.90 Å². The van der Waals surface area contributed by atoms with E-state index in [1.54, 1.807) is 0 Å². The van der Waals surface area contributed by atoms with Crippen LogP contribution in [0.2, 0.25) is 0 Å². The Labute approximate surface area is 183 Å². The van der Waals surface area contributed by atoms with Crippen LogP contribution in [-0.4, -0.2) is 28.1 Å². The van der Waals surface area contributed by atoms with Gasteiger partial charge in [0.15, 0.2) is 0 Å². The molecule has 0 unspecified atom stereocenters. The van der Waals surface area contributed by atoms with Crippen LogP contribution in [0.4, 0.5) is 0 Å². The summed E-state index contributed by atoms with van der Waals surface area (Å²) < 4.78 is 6.03. The van der Waals surface area contributed by atoms with Crippen LogP contribution in [0.5, 0.6) is 0 Å². The van der Waals surface area contributed by atoms with E-state index in [9.17, 15) is 9.90 Å². The average Bonchev–Trinajstić information content (AvgIpc) is 3.62. The van der Waals surface area contributed by atoms with E-state index in [2.05, 4.69) is 6.92 Å². The topological polar surface area (TPSA) is 53.1 Å². The molecular weight excluding hydrogens is 386 g/mol. The molecule has 31 heavy (non-hydrogen) atoms. The van der Waals surface area contributed by atoms with E-state index >= 15 is 0 Å². The van der Waals surface area contributed by atoms with Crippen LogP contribution < -0.4 is 0 Å². The van der Waals surface area contributed by atoms with Gasteiger partial charge in [0.1, 0.15) is 11.5 Å². The number of ether oxygens (including phenoxy) is 1. The minimum Gasteiger partial charge on any atom is -0.387 e. The summed E-state index contributed by atoms with van der Waals surface area (Å²) in [5.74, 6) is -0.0393. The summed E-state index contributed by atoms with van der Waals surface area (Å²) in [6.45, 7) is 2.57. The third-order valence-corrected chi connectivity index (χ3v) is 6.73. The van der Waals surface area contributed by atoms with Crippen molar-refractivity contribution in [3.8, 4) is 0 Å². The Morgan fingerprint density at radius 2 is 1.52 bits per heavy atom. The number of aliphatic hydroxyl groups is 1. The lowest BCUT2D eigenvalue weighted by Crippen LogP contribution is -2.68. The highest BCUT2D eigenvalue weighted by Gasteiger charge is 2.74. The fraction of sp³-hybridized carbons (Fsp3) is 0.296. The third-order valence-electron chi connectivity index (χ3n) is 6.73. The summed E-state index contributed by atoms with van der Waals surface area (Å²) >= 11 is 0. The van der Waals surface area contributed by atoms with Crippen molar-refractivity contribution in [3.05, 3.63) is 108 Å². The molecule has 3 aromatic rings. The van der Waals surface area contributed by atoms with Gasteiger partial charge in [-0.3, -0.25) is 4.79 Å². The molecule has 0 spiro atoms. The van der Waals surface area contributed by atoms with Gasteiger partial charge in [0.2, 0.25) is 5.91 Å². The number of hydrogen-bond acceptors (Lipinski definition) is 3. The first-order valence-corrected chi connectivity index (χ1v) is 11.0. The number of carbonyl (C=O) groups is 1. The molecule has 1 N–H and O–H groups in total. The minimum atomic E-state index is -1.03. The van der Waals surface area contributed by atoms with Gasteiger partial charge < -0.3 is 14.7 Å². The van der Waals surface area contributed by atoms with E-state index in [0.717, 1.165) is 23.1 Å². The first-order valence-electron chi connectivity index (χ1n) is 11.0. The zero-order valence-corrected chi connectivity index (χ0v) is 17.6. The first kappa shape index (κ1) is 20.0. The fourth-order valence-electron chi connectivity index (χ4n) is 5.19. The number of likely N-dealkylation sites (tertiary alicyclic amines) is 1. The lowest BCUT2D eigenvalue weighted by atomic mass is 9.60. The second-order valence-corrected chi connectivity index (χ2v) is 8.48. The number of benzene rings is 3. The van der Waals surface area contributed by atoms with Gasteiger partial charge in [0.05, 0.1) is 18.2 Å². The maximum atomic E-state index is 13.9. The SMILES string of the molecule is CC[C@H]1O[C@H]1[C@@]1([C@@H](O)c2ccccc2)C(=O)N(Cc2ccccc2)[C@@H]1c1ccccc1. The van der Waals surface area contributed by atoms with E-state index in [4.69, 9.17) is 4.74 Å². The molecule has 4 heteroatoms. The molecular formula is C27H27NO3. The Morgan fingerprint density at radius 1 is 0.935 bits per heavy atom. The molecule has 2 aliphatic heterocycles. The van der Waals surface area contributed by atoms with Crippen LogP contribution in [0.3, 0.4) is 0 Å². The average molecular weight is 414 g/mol. The molecule has 4 nitrogen and oxygen atoms in total. The molecule has 5 atom stereocenters. The van der Waals surface area contributed by atoms with Crippen molar-refractivity contribution in [2.24, 2.45) is 5.41 Å². The van der Waals surface area contributed by atoms with Crippen molar-refractivity contribution in [1.29, 1.82) is 0 Å². The van der Waals surface area contributed by atoms with Crippen LogP contribution in [-0.2, 0) is 16.1 Å². The molecule has 2 saturated heterocycles. The van der Waals surface area contributed by atoms with Crippen molar-refractivity contribution in [3.63, 3.8) is 0 Å². The van der Waals surface area contributed by atoms with Gasteiger partial charge in [-0.2, -0.15) is 0 Å². The van der Waals surface area contributed by atoms with Crippen LogP contribution in [0.1, 0.15) is 42.2 Å². The molecule has 0 radical (unpaired) electrons. The van der Waals surface area contributed by atoms with E-state index in [0.29, 0.717) is 6.54 Å². The summed E-state index contributed by atoms with van der Waals surface area (Å²) in [5, 5.41) is 11.7. The summed E-state index contributed by atoms with van der Waals surface area (Å²) in [4.78, 5) is 15.8. The Hall–Kier alpha value is -2.95. The molecule has 5 rings (SSSR count). The number of carbonyl (C=O) groups excluding carboxylic acids is 1. The summed E-state index contributed by atoms with van der Waals surface area (Å²) in [5.41, 5.74) is 1.82. The standard InChI is InChI=1S/C27H27NO3/c1-2-22-25(31-22)27(24(29)21-16-10-5-11-17-21)23(20-14-8-4-9-15-20)28(26(27)30)18-19-12-6-3-7-13-19/h3-17,22-25,29H,2,18H2,1H3/t22-,23-,24+,25-,27-/m1/s1. The lowest BCUT2D eigenvalue weighted by molar-refractivity contribution is -0.197. The Morgan fingerprint density at radius 3 is 2.10 bits per heavy atom. The van der Waals surface area contributed by atoms with Crippen molar-refractivity contribution in [2.75, 3.05) is 0 Å². The third kappa shape index (κ3) is 3.18. The number of rotatable bonds is 7. The van der Waals surface area contributed by atoms with Gasteiger partial charge in [-0.1, -0.05) is 97.9 Å². The maximum Gasteiger partial charge on any atom is 0.237 e. The Balaban J connectivity index is 1.61. The van der Waals surface area contributed by atoms with Crippen molar-refractivity contribution >= 4 is 5.91 Å². The predicted molar refractivity (Wildman–Crippen MR) is 119 cm³/mol. The van der Waals surface area contributed by atoms with Gasteiger partial charge in [-0.25, -0.2) is 0 Å². The minimum absolute atomic E-state index is 0.00704. The number of epoxide rings is 1. The predicted octanol–water partition coefficient (Wildman–Crippen LogP) is 4.67. The van der Waals surface area contributed by atoms with Crippen LogP contribution >= 0.6 is 0 Å². The Bertz CT molecular complexity index is 1040. The highest BCUT2D eigenvalue weighted by molar-refractivity contribution is 5.93. The number of hydrogen-bond donors (Lipinski definition) is 1. The zero-order valence-electron chi connectivity index (χ0n) is 17.6. The monoisotopic (exact) mass is 413 g/mol. The number of amides is 1. The summed E-state index contributed by atoms with van der Waals surface area (Å²) in [7, 11) is 0. The quantitative estimate of drug-likeness (QED) is 0.452. The maximum absolute atomic E-state index is 13.9. The number of aliphatic hydroxyl groups excluding tert-OH is 1. The molecule has 1 amide bonds. The van der Waals surface area contributed by atoms with Gasteiger partial charge in [-0.15, -0.1) is 0 Å². The highest BCUT2D eigenvalue weighted by atomic mass is 16.6. The second-order valence-electron chi connectivity index (χ2n) is 8.48. The van der Waals surface area contributed by atoms with E-state index in [1.807, 2.05) is 95.9 Å². The van der Waals surface area contributed by atoms with E-state index in [1.165, 1.54) is 0 Å². The lowest BCUT2D eigenvalue weighted by Gasteiger charge is -2.58. The van der Waals surface area contributed by atoms with Crippen molar-refractivity contribution < 1.29 is 14.6 Å². The zero-order chi connectivity index (χ0) is 21.4. The largest absolute Gasteiger partial charge is 0.387 e. The molecule has 0 bridgehead atoms. The van der Waals surface area contributed by atoms with Crippen LogP contribution in [0.25, 0.3) is 0 Å². The molecule has 0 saturated carbocycles. The number of nitrogens with zero attached hydrogens (tertiary/aromatic N) is 1. The van der Waals surface area contributed by atoms with Gasteiger partial charge in [-0.05, 0) is 23.1 Å². The number of β-lactam (4-membered cyclic amide) rings is 1. The normalized spacial score (nSPS) is 28.1. The van der Waals surface area contributed by atoms with Gasteiger partial charge >= 0.3 is 0 Å². The first-order chi connectivity index (χ1) is 15.2. The van der Waals surface area contributed by atoms with E-state index in [-0.39, 0.29) is 24.2 Å². The molecule has 158 valence electrons. The molecule has 0 aromatic heterocycles. The van der Waals surface area contributed by atoms with Crippen LogP contribution in [0, 0.1) is 5.41 Å². The summed E-state index contributed by atoms with van der Waals surface area (Å²) in [6, 6.07) is 29.3. The molecule has 2 fully saturated rings. The molecule has 2 aliphatic rings. The second kappa shape index (κ2) is 7.95. The molecule has 0 aliphatic carbocycles. The van der Waals surface area contributed by atoms with Gasteiger partial charge in [0, 0.05) is 6.54 Å². The smallest absolute Gasteiger partial charge is 0.237 e. The van der Waals surface area contributed by atoms with Gasteiger partial charge in [0.25, 0.3) is 0 Å². The van der Waals surface area contributed by atoms with Crippen LogP contribution in [0.15, 0.2) is 91.0 Å². The molecule has 2 heterocycles. The highest BCUT2D eigenvalue weighted by Crippen LogP contribution is 2.64. The Kier molecular flexibility index (Phi) is 5.12. The fourth-order valence-corrected chi connectivity index (χ4v) is 5.19. The van der Waals surface area contributed by atoms with Crippen molar-refractivity contribution in [2.45, 2.75) is 44.2 Å². The molecule has 3 aromatic carbocycles.